The van der Waals surface area contributed by atoms with Gasteiger partial charge in [-0.2, -0.15) is 0 Å². The number of rotatable bonds is 0. The summed E-state index contributed by atoms with van der Waals surface area (Å²) in [6.07, 6.45) is 0. The van der Waals surface area contributed by atoms with Gasteiger partial charge in [-0.15, -0.1) is 22.4 Å². The Kier molecular flexibility index (Phi) is 3.01. The molecule has 2 aromatic rings. The molecule has 0 aliphatic rings. The zero-order valence-electron chi connectivity index (χ0n) is 7.67. The molecule has 14 heavy (non-hydrogen) atoms. The Morgan fingerprint density at radius 1 is 1.14 bits per heavy atom. The maximum absolute atomic E-state index is 4.35. The van der Waals surface area contributed by atoms with Gasteiger partial charge >= 0.3 is 0 Å². The van der Waals surface area contributed by atoms with Crippen LogP contribution in [0.4, 0.5) is 0 Å². The number of aromatic nitrogens is 3. The lowest BCUT2D eigenvalue weighted by atomic mass is 10.1. The molecule has 2 rings (SSSR count). The van der Waals surface area contributed by atoms with Gasteiger partial charge in [0.25, 0.3) is 0 Å². The van der Waals surface area contributed by atoms with Crippen molar-refractivity contribution >= 4 is 71.0 Å². The van der Waals surface area contributed by atoms with E-state index in [2.05, 4.69) is 78.7 Å². The summed E-state index contributed by atoms with van der Waals surface area (Å²) in [5.41, 5.74) is 4.41. The molecular weight excluding hydrogens is 423 g/mol. The number of hydrogen-bond acceptors (Lipinski definition) is 2. The third kappa shape index (κ3) is 1.57. The fourth-order valence-electron chi connectivity index (χ4n) is 1.39. The Hall–Kier alpha value is 0.510. The van der Waals surface area contributed by atoms with E-state index in [0.29, 0.717) is 0 Å². The average molecular weight is 431 g/mol. The molecule has 0 radical (unpaired) electrons. The van der Waals surface area contributed by atoms with Crippen molar-refractivity contribution in [3.05, 3.63) is 14.7 Å². The molecule has 1 heterocycles. The lowest BCUT2D eigenvalue weighted by Crippen LogP contribution is -2.05. The van der Waals surface area contributed by atoms with Crippen molar-refractivity contribution in [1.29, 1.82) is 0 Å². The topological polar surface area (TPSA) is 30.7 Å². The third-order valence-corrected chi connectivity index (χ3v) is 5.40. The van der Waals surface area contributed by atoms with Crippen molar-refractivity contribution in [1.82, 2.24) is 13.2 Å². The van der Waals surface area contributed by atoms with Crippen molar-refractivity contribution in [3.8, 4) is 0 Å². The van der Waals surface area contributed by atoms with Gasteiger partial charge < -0.3 is 0 Å². The van der Waals surface area contributed by atoms with Crippen molar-refractivity contribution in [2.24, 2.45) is 0 Å². The number of halogens is 2. The summed E-state index contributed by atoms with van der Waals surface area (Å²) >= 11 is 4.43. The molecule has 1 atom stereocenters. The van der Waals surface area contributed by atoms with Gasteiger partial charge in [-0.3, -0.25) is 0 Å². The molecule has 1 aromatic carbocycles. The van der Waals surface area contributed by atoms with E-state index in [1.165, 1.54) is 20.0 Å². The second kappa shape index (κ2) is 3.83. The summed E-state index contributed by atoms with van der Waals surface area (Å²) in [5.74, 6) is 0. The SMILES string of the molecule is Cc1c(P)c(I)c(C)c2nn(I)nc12. The van der Waals surface area contributed by atoms with Crippen LogP contribution in [-0.2, 0) is 0 Å². The van der Waals surface area contributed by atoms with E-state index in [9.17, 15) is 0 Å². The van der Waals surface area contributed by atoms with Gasteiger partial charge in [-0.1, -0.05) is 0 Å². The first kappa shape index (κ1) is 11.0. The van der Waals surface area contributed by atoms with E-state index in [1.54, 1.807) is 3.01 Å². The minimum absolute atomic E-state index is 1.00. The Labute approximate surface area is 112 Å². The summed E-state index contributed by atoms with van der Waals surface area (Å²) in [7, 11) is 2.77. The highest BCUT2D eigenvalue weighted by Gasteiger charge is 2.14. The molecule has 6 heteroatoms. The third-order valence-electron chi connectivity index (χ3n) is 2.27. The fourth-order valence-corrected chi connectivity index (χ4v) is 2.83. The van der Waals surface area contributed by atoms with E-state index in [1.807, 2.05) is 0 Å². The number of aryl methyl sites for hydroxylation is 2. The Balaban J connectivity index is 3.01. The van der Waals surface area contributed by atoms with Gasteiger partial charge in [0.1, 0.15) is 33.9 Å². The minimum Gasteiger partial charge on any atom is -0.143 e. The van der Waals surface area contributed by atoms with Crippen LogP contribution in [0.3, 0.4) is 0 Å². The highest BCUT2D eigenvalue weighted by Crippen LogP contribution is 2.24. The lowest BCUT2D eigenvalue weighted by Gasteiger charge is -2.06. The molecule has 0 aliphatic carbocycles. The maximum Gasteiger partial charge on any atom is 0.118 e. The number of hydrogen-bond donors (Lipinski definition) is 0. The van der Waals surface area contributed by atoms with E-state index in [4.69, 9.17) is 0 Å². The van der Waals surface area contributed by atoms with Crippen LogP contribution in [0.25, 0.3) is 11.0 Å². The monoisotopic (exact) mass is 431 g/mol. The molecule has 3 nitrogen and oxygen atoms in total. The molecule has 0 bridgehead atoms. The predicted octanol–water partition coefficient (Wildman–Crippen LogP) is 2.35. The van der Waals surface area contributed by atoms with Crippen LogP contribution in [-0.4, -0.2) is 13.2 Å². The van der Waals surface area contributed by atoms with Crippen LogP contribution in [0, 0.1) is 17.4 Å². The van der Waals surface area contributed by atoms with Gasteiger partial charge in [0.2, 0.25) is 0 Å². The summed E-state index contributed by atoms with van der Waals surface area (Å²) < 4.78 is 2.86. The first-order chi connectivity index (χ1) is 6.52. The van der Waals surface area contributed by atoms with E-state index in [-0.39, 0.29) is 0 Å². The molecule has 0 aliphatic heterocycles. The highest BCUT2D eigenvalue weighted by atomic mass is 127. The van der Waals surface area contributed by atoms with Crippen LogP contribution in [0.5, 0.6) is 0 Å². The van der Waals surface area contributed by atoms with Crippen LogP contribution >= 0.6 is 54.7 Å². The average Bonchev–Trinajstić information content (AvgIpc) is 2.54. The van der Waals surface area contributed by atoms with Crippen molar-refractivity contribution in [2.45, 2.75) is 13.8 Å². The van der Waals surface area contributed by atoms with Crippen molar-refractivity contribution in [2.75, 3.05) is 0 Å². The predicted molar refractivity (Wildman–Crippen MR) is 78.5 cm³/mol. The zero-order valence-corrected chi connectivity index (χ0v) is 13.1. The molecule has 0 saturated carbocycles. The second-order valence-corrected chi connectivity index (χ2v) is 5.63. The van der Waals surface area contributed by atoms with Gasteiger partial charge in [-0.25, -0.2) is 0 Å². The molecule has 74 valence electrons. The Morgan fingerprint density at radius 3 is 2.21 bits per heavy atom. The first-order valence-corrected chi connectivity index (χ1v) is 6.61. The van der Waals surface area contributed by atoms with Crippen molar-refractivity contribution in [3.63, 3.8) is 0 Å². The summed E-state index contributed by atoms with van der Waals surface area (Å²) in [6, 6.07) is 0. The second-order valence-electron chi connectivity index (χ2n) is 3.12. The van der Waals surface area contributed by atoms with Gasteiger partial charge in [0.05, 0.1) is 0 Å². The van der Waals surface area contributed by atoms with Gasteiger partial charge in [0.15, 0.2) is 0 Å². The van der Waals surface area contributed by atoms with Gasteiger partial charge in [-0.05, 0) is 52.9 Å². The largest absolute Gasteiger partial charge is 0.143 e. The standard InChI is InChI=1S/C8H8I2N3P/c1-3-5(9)8(14)4(2)7-6(3)11-13(10)12-7/h14H2,1-2H3. The van der Waals surface area contributed by atoms with E-state index < -0.39 is 0 Å². The summed E-state index contributed by atoms with van der Waals surface area (Å²) in [6.45, 7) is 4.17. The smallest absolute Gasteiger partial charge is 0.118 e. The molecule has 0 fully saturated rings. The molecule has 0 saturated heterocycles. The van der Waals surface area contributed by atoms with Crippen molar-refractivity contribution < 1.29 is 0 Å². The minimum atomic E-state index is 1.00. The normalized spacial score (nSPS) is 11.2. The summed E-state index contributed by atoms with van der Waals surface area (Å²) in [4.78, 5) is 0. The first-order valence-electron chi connectivity index (χ1n) is 3.99. The van der Waals surface area contributed by atoms with Crippen LogP contribution in [0.1, 0.15) is 11.1 Å². The Morgan fingerprint density at radius 2 is 1.64 bits per heavy atom. The Bertz CT molecular complexity index is 476. The molecule has 0 amide bonds. The van der Waals surface area contributed by atoms with Gasteiger partial charge in [0, 0.05) is 3.57 Å². The molecular formula is C8H8I2N3P. The molecule has 1 aromatic heterocycles. The zero-order chi connectivity index (χ0) is 10.5. The maximum atomic E-state index is 4.35. The van der Waals surface area contributed by atoms with Crippen LogP contribution < -0.4 is 5.30 Å². The van der Waals surface area contributed by atoms with E-state index >= 15 is 0 Å². The summed E-state index contributed by atoms with van der Waals surface area (Å²) in [5, 5.41) is 9.93. The van der Waals surface area contributed by atoms with E-state index in [0.717, 1.165) is 11.0 Å². The molecule has 0 N–H and O–H groups in total. The number of benzene rings is 1. The molecule has 0 spiro atoms. The number of nitrogens with zero attached hydrogens (tertiary/aromatic N) is 3. The quantitative estimate of drug-likeness (QED) is 0.474. The number of fused-ring (bicyclic) bond motifs is 1. The lowest BCUT2D eigenvalue weighted by molar-refractivity contribution is 0.922. The highest BCUT2D eigenvalue weighted by molar-refractivity contribution is 14.1. The van der Waals surface area contributed by atoms with Crippen LogP contribution in [0.15, 0.2) is 0 Å². The molecule has 1 unspecified atom stereocenters. The van der Waals surface area contributed by atoms with Crippen LogP contribution in [0.2, 0.25) is 0 Å². The fraction of sp³-hybridized carbons (Fsp3) is 0.250.